The van der Waals surface area contributed by atoms with Gasteiger partial charge in [-0.25, -0.2) is 0 Å². The zero-order valence-electron chi connectivity index (χ0n) is 14.6. The van der Waals surface area contributed by atoms with E-state index in [9.17, 15) is 14.8 Å². The van der Waals surface area contributed by atoms with E-state index in [1.165, 1.54) is 24.3 Å². The van der Waals surface area contributed by atoms with Crippen LogP contribution in [0, 0.1) is 0 Å². The van der Waals surface area contributed by atoms with Gasteiger partial charge in [0.15, 0.2) is 0 Å². The highest BCUT2D eigenvalue weighted by molar-refractivity contribution is 7.60. The Morgan fingerprint density at radius 2 is 1.45 bits per heavy atom. The minimum atomic E-state index is -4.33. The van der Waals surface area contributed by atoms with Gasteiger partial charge in [0.05, 0.1) is 16.7 Å². The van der Waals surface area contributed by atoms with Crippen LogP contribution in [0.4, 0.5) is 34.6 Å². The minimum absolute atomic E-state index is 0.0281. The molecule has 1 unspecified atom stereocenters. The first kappa shape index (κ1) is 18.9. The van der Waals surface area contributed by atoms with Crippen molar-refractivity contribution in [3.05, 3.63) is 42.5 Å². The van der Waals surface area contributed by atoms with Gasteiger partial charge < -0.3 is 41.3 Å². The smallest absolute Gasteiger partial charge is 0.356 e. The third-order valence-electron chi connectivity index (χ3n) is 3.94. The monoisotopic (exact) mass is 417 g/mol. The first-order valence-electron chi connectivity index (χ1n) is 8.27. The van der Waals surface area contributed by atoms with Crippen molar-refractivity contribution >= 4 is 47.5 Å². The van der Waals surface area contributed by atoms with E-state index in [0.717, 1.165) is 5.69 Å². The summed E-state index contributed by atoms with van der Waals surface area (Å²) in [5.41, 5.74) is 2.49. The number of aliphatic hydroxyl groups excluding tert-OH is 1. The van der Waals surface area contributed by atoms with Gasteiger partial charge in [-0.05, 0) is 42.5 Å². The van der Waals surface area contributed by atoms with Crippen molar-refractivity contribution in [2.24, 2.45) is 0 Å². The number of hydrogen-bond acceptors (Lipinski definition) is 10. The number of fused-ring (bicyclic) bond motifs is 1. The quantitative estimate of drug-likeness (QED) is 0.276. The van der Waals surface area contributed by atoms with Crippen molar-refractivity contribution in [1.82, 2.24) is 15.0 Å². The normalized spacial score (nSPS) is 15.2. The molecule has 0 amide bonds. The molecule has 1 aliphatic heterocycles. The molecule has 2 aromatic carbocycles. The first-order chi connectivity index (χ1) is 13.8. The summed E-state index contributed by atoms with van der Waals surface area (Å²) in [7, 11) is -4.33. The number of benzene rings is 2. The maximum Gasteiger partial charge on any atom is 0.356 e. The van der Waals surface area contributed by atoms with Crippen molar-refractivity contribution in [2.45, 2.75) is 6.35 Å². The van der Waals surface area contributed by atoms with Crippen LogP contribution in [-0.4, -0.2) is 41.3 Å². The van der Waals surface area contributed by atoms with Gasteiger partial charge in [-0.2, -0.15) is 15.0 Å². The van der Waals surface area contributed by atoms with Gasteiger partial charge in [0.2, 0.25) is 18.2 Å². The van der Waals surface area contributed by atoms with Crippen LogP contribution in [0.1, 0.15) is 0 Å². The number of aliphatic hydroxyl groups is 1. The van der Waals surface area contributed by atoms with Crippen LogP contribution < -0.4 is 26.6 Å². The highest BCUT2D eigenvalue weighted by atomic mass is 31.2. The molecular weight excluding hydrogens is 401 g/mol. The summed E-state index contributed by atoms with van der Waals surface area (Å²) in [6, 6.07) is 10.2. The van der Waals surface area contributed by atoms with Crippen molar-refractivity contribution in [2.75, 3.05) is 21.3 Å². The number of anilines is 6. The van der Waals surface area contributed by atoms with Crippen molar-refractivity contribution in [3.63, 3.8) is 0 Å². The fourth-order valence-electron chi connectivity index (χ4n) is 2.67. The predicted molar refractivity (Wildman–Crippen MR) is 106 cm³/mol. The summed E-state index contributed by atoms with van der Waals surface area (Å²) in [6.07, 6.45) is -0.866. The van der Waals surface area contributed by atoms with Crippen LogP contribution in [0.5, 0.6) is 6.01 Å². The zero-order valence-corrected chi connectivity index (χ0v) is 15.5. The number of nitrogens with one attached hydrogen (secondary N) is 4. The van der Waals surface area contributed by atoms with Crippen LogP contribution in [0.25, 0.3) is 0 Å². The molecule has 4 rings (SSSR count). The Hall–Kier alpha value is -3.44. The van der Waals surface area contributed by atoms with Crippen molar-refractivity contribution in [1.29, 1.82) is 0 Å². The molecule has 1 aliphatic rings. The molecule has 29 heavy (non-hydrogen) atoms. The van der Waals surface area contributed by atoms with E-state index < -0.39 is 20.0 Å². The standard InChI is InChI=1S/C16H16N7O5P/c24-15-19-11-6-3-9(7-12(11)20-15)18-14-21-13(22-16(25)23-14)17-8-1-4-10(5-2-8)29(26,27)28/h1-7,15,19-20,24H,(H2,26,27,28)(H3,17,18,21,22,23,25). The molecule has 0 fully saturated rings. The average molecular weight is 417 g/mol. The number of hydrogen-bond donors (Lipinski definition) is 8. The Morgan fingerprint density at radius 1 is 0.862 bits per heavy atom. The second-order valence-corrected chi connectivity index (χ2v) is 7.68. The molecule has 0 bridgehead atoms. The topological polar surface area (TPSA) is 185 Å². The number of aromatic nitrogens is 3. The summed E-state index contributed by atoms with van der Waals surface area (Å²) in [5, 5.41) is 30.6. The molecule has 12 nitrogen and oxygen atoms in total. The lowest BCUT2D eigenvalue weighted by Crippen LogP contribution is -2.20. The number of rotatable bonds is 5. The van der Waals surface area contributed by atoms with E-state index in [-0.39, 0.29) is 17.2 Å². The Balaban J connectivity index is 1.52. The van der Waals surface area contributed by atoms with Gasteiger partial charge in [0.1, 0.15) is 0 Å². The highest BCUT2D eigenvalue weighted by Gasteiger charge is 2.18. The van der Waals surface area contributed by atoms with Crippen molar-refractivity contribution in [3.8, 4) is 6.01 Å². The van der Waals surface area contributed by atoms with Gasteiger partial charge in [-0.1, -0.05) is 0 Å². The maximum absolute atomic E-state index is 11.2. The zero-order chi connectivity index (χ0) is 20.6. The SMILES string of the molecule is O=P(O)(O)c1ccc(Nc2nc(O)nc(Nc3ccc4c(c3)NC(O)N4)n2)cc1. The van der Waals surface area contributed by atoms with E-state index in [2.05, 4.69) is 36.2 Å². The van der Waals surface area contributed by atoms with E-state index in [1.54, 1.807) is 18.2 Å². The average Bonchev–Trinajstić information content (AvgIpc) is 3.00. The third kappa shape index (κ3) is 4.36. The Labute approximate surface area is 163 Å². The van der Waals surface area contributed by atoms with E-state index >= 15 is 0 Å². The molecule has 150 valence electrons. The second kappa shape index (κ2) is 7.18. The molecule has 3 aromatic rings. The first-order valence-corrected chi connectivity index (χ1v) is 9.88. The van der Waals surface area contributed by atoms with E-state index in [4.69, 9.17) is 9.79 Å². The van der Waals surface area contributed by atoms with Gasteiger partial charge in [0.25, 0.3) is 0 Å². The molecule has 13 heteroatoms. The lowest BCUT2D eigenvalue weighted by molar-refractivity contribution is 0.238. The lowest BCUT2D eigenvalue weighted by atomic mass is 10.2. The molecule has 1 aromatic heterocycles. The van der Waals surface area contributed by atoms with Crippen LogP contribution in [-0.2, 0) is 4.57 Å². The second-order valence-electron chi connectivity index (χ2n) is 6.08. The Kier molecular flexibility index (Phi) is 4.68. The summed E-state index contributed by atoms with van der Waals surface area (Å²) in [5.74, 6) is 0.0959. The van der Waals surface area contributed by atoms with E-state index in [1.807, 2.05) is 0 Å². The number of aromatic hydroxyl groups is 1. The molecule has 0 spiro atoms. The maximum atomic E-state index is 11.2. The predicted octanol–water partition coefficient (Wildman–Crippen LogP) is 0.981. The molecule has 2 heterocycles. The molecule has 0 saturated carbocycles. The molecule has 0 aliphatic carbocycles. The van der Waals surface area contributed by atoms with Crippen LogP contribution >= 0.6 is 7.60 Å². The summed E-state index contributed by atoms with van der Waals surface area (Å²) in [6.45, 7) is 0. The number of nitrogens with zero attached hydrogens (tertiary/aromatic N) is 3. The van der Waals surface area contributed by atoms with Gasteiger partial charge in [-0.15, -0.1) is 0 Å². The fraction of sp³-hybridized carbons (Fsp3) is 0.0625. The Morgan fingerprint density at radius 3 is 2.10 bits per heavy atom. The largest absolute Gasteiger partial charge is 0.479 e. The van der Waals surface area contributed by atoms with Crippen LogP contribution in [0.2, 0.25) is 0 Å². The van der Waals surface area contributed by atoms with Gasteiger partial charge >= 0.3 is 13.6 Å². The summed E-state index contributed by atoms with van der Waals surface area (Å²) in [4.78, 5) is 30.1. The van der Waals surface area contributed by atoms with Crippen molar-refractivity contribution < 1.29 is 24.6 Å². The minimum Gasteiger partial charge on any atom is -0.479 e. The van der Waals surface area contributed by atoms with Gasteiger partial charge in [-0.3, -0.25) is 4.57 Å². The molecule has 0 radical (unpaired) electrons. The van der Waals surface area contributed by atoms with Crippen LogP contribution in [0.15, 0.2) is 42.5 Å². The molecule has 0 saturated heterocycles. The van der Waals surface area contributed by atoms with E-state index in [0.29, 0.717) is 17.1 Å². The van der Waals surface area contributed by atoms with Gasteiger partial charge in [0, 0.05) is 11.4 Å². The highest BCUT2D eigenvalue weighted by Crippen LogP contribution is 2.34. The molecular formula is C16H16N7O5P. The van der Waals surface area contributed by atoms with Crippen LogP contribution in [0.3, 0.4) is 0 Å². The molecule has 8 N–H and O–H groups in total. The molecule has 1 atom stereocenters. The Bertz CT molecular complexity index is 1110. The fourth-order valence-corrected chi connectivity index (χ4v) is 3.21. The lowest BCUT2D eigenvalue weighted by Gasteiger charge is -2.10. The summed E-state index contributed by atoms with van der Waals surface area (Å²) < 4.78 is 11.2. The summed E-state index contributed by atoms with van der Waals surface area (Å²) >= 11 is 0. The third-order valence-corrected chi connectivity index (χ3v) is 4.91.